The van der Waals surface area contributed by atoms with Gasteiger partial charge in [-0.3, -0.25) is 0 Å². The molecule has 0 aromatic heterocycles. The minimum absolute atomic E-state index is 1.15. The predicted molar refractivity (Wildman–Crippen MR) is 43.5 cm³/mol. The number of allylic oxidation sites excluding steroid dienone is 1. The van der Waals surface area contributed by atoms with Gasteiger partial charge in [0, 0.05) is 6.20 Å². The maximum absolute atomic E-state index is 4.94. The second-order valence-electron chi connectivity index (χ2n) is 1.50. The Morgan fingerprint density at radius 1 is 1.33 bits per heavy atom. The molecule has 0 fully saturated rings. The number of aliphatic imine (C=N–C) groups is 1. The van der Waals surface area contributed by atoms with E-state index < -0.39 is 0 Å². The average Bonchev–Trinajstić information content (AvgIpc) is 1.88. The first-order chi connectivity index (χ1) is 4.27. The fourth-order valence-corrected chi connectivity index (χ4v) is 0.192. The molecule has 0 radical (unpaired) electrons. The zero-order valence-electron chi connectivity index (χ0n) is 6.68. The maximum atomic E-state index is 4.94. The van der Waals surface area contributed by atoms with E-state index in [1.807, 2.05) is 27.7 Å². The topological polar surface area (TPSA) is 38.4 Å². The summed E-state index contributed by atoms with van der Waals surface area (Å²) in [5.74, 6) is 0. The highest BCUT2D eigenvalue weighted by Gasteiger charge is 1.66. The molecule has 2 nitrogen and oxygen atoms in total. The number of nitrogens with two attached hydrogens (primary N) is 1. The van der Waals surface area contributed by atoms with Crippen molar-refractivity contribution in [1.82, 2.24) is 0 Å². The molecule has 0 aliphatic rings. The van der Waals surface area contributed by atoms with Crippen molar-refractivity contribution in [2.75, 3.05) is 0 Å². The molecular weight excluding hydrogens is 112 g/mol. The van der Waals surface area contributed by atoms with Crippen molar-refractivity contribution < 1.29 is 0 Å². The Morgan fingerprint density at radius 3 is 1.89 bits per heavy atom. The van der Waals surface area contributed by atoms with Crippen molar-refractivity contribution in [2.24, 2.45) is 10.7 Å². The van der Waals surface area contributed by atoms with E-state index in [9.17, 15) is 0 Å². The minimum atomic E-state index is 1.15. The highest BCUT2D eigenvalue weighted by molar-refractivity contribution is 5.52. The van der Waals surface area contributed by atoms with Crippen LogP contribution in [-0.2, 0) is 0 Å². The SMILES string of the molecule is CC.CC(C)=CN=CN. The van der Waals surface area contributed by atoms with Crippen molar-refractivity contribution in [3.63, 3.8) is 0 Å². The van der Waals surface area contributed by atoms with Gasteiger partial charge in [0.1, 0.15) is 0 Å². The lowest BCUT2D eigenvalue weighted by Gasteiger charge is -1.78. The average molecular weight is 128 g/mol. The van der Waals surface area contributed by atoms with Crippen molar-refractivity contribution in [2.45, 2.75) is 27.7 Å². The Kier molecular flexibility index (Phi) is 12.6. The Hall–Kier alpha value is -0.790. The Morgan fingerprint density at radius 2 is 1.78 bits per heavy atom. The third-order valence-electron chi connectivity index (χ3n) is 0.419. The molecule has 9 heavy (non-hydrogen) atoms. The lowest BCUT2D eigenvalue weighted by Crippen LogP contribution is -1.85. The number of nitrogens with zero attached hydrogens (tertiary/aromatic N) is 1. The van der Waals surface area contributed by atoms with Gasteiger partial charge < -0.3 is 5.73 Å². The zero-order valence-corrected chi connectivity index (χ0v) is 6.68. The molecule has 0 aliphatic carbocycles. The van der Waals surface area contributed by atoms with Crippen LogP contribution in [0.25, 0.3) is 0 Å². The summed E-state index contributed by atoms with van der Waals surface area (Å²) in [5.41, 5.74) is 6.09. The summed E-state index contributed by atoms with van der Waals surface area (Å²) in [5, 5.41) is 0. The van der Waals surface area contributed by atoms with Crippen molar-refractivity contribution >= 4 is 6.34 Å². The minimum Gasteiger partial charge on any atom is -0.390 e. The van der Waals surface area contributed by atoms with Gasteiger partial charge in [-0.15, -0.1) is 0 Å². The summed E-state index contributed by atoms with van der Waals surface area (Å²) in [6.07, 6.45) is 2.98. The van der Waals surface area contributed by atoms with Gasteiger partial charge in [0.05, 0.1) is 6.34 Å². The first-order valence-electron chi connectivity index (χ1n) is 3.14. The van der Waals surface area contributed by atoms with Crippen LogP contribution in [0.3, 0.4) is 0 Å². The standard InChI is InChI=1S/C5H10N2.C2H6/c1-5(2)3-7-4-6;1-2/h3-4H,1-2H3,(H2,6,7);1-2H3. The third kappa shape index (κ3) is 19.0. The van der Waals surface area contributed by atoms with Crippen molar-refractivity contribution in [3.8, 4) is 0 Å². The molecule has 2 N–H and O–H groups in total. The molecule has 0 rings (SSSR count). The van der Waals surface area contributed by atoms with Crippen LogP contribution in [0.15, 0.2) is 16.8 Å². The third-order valence-corrected chi connectivity index (χ3v) is 0.419. The van der Waals surface area contributed by atoms with Gasteiger partial charge in [-0.25, -0.2) is 4.99 Å². The van der Waals surface area contributed by atoms with Gasteiger partial charge >= 0.3 is 0 Å². The molecule has 0 unspecified atom stereocenters. The first-order valence-corrected chi connectivity index (χ1v) is 3.14. The molecule has 0 saturated carbocycles. The molecule has 0 aromatic carbocycles. The zero-order chi connectivity index (χ0) is 7.70. The van der Waals surface area contributed by atoms with Crippen LogP contribution in [0.4, 0.5) is 0 Å². The normalized spacial score (nSPS) is 8.00. The Balaban J connectivity index is 0. The van der Waals surface area contributed by atoms with E-state index in [2.05, 4.69) is 4.99 Å². The van der Waals surface area contributed by atoms with E-state index in [0.29, 0.717) is 0 Å². The lowest BCUT2D eigenvalue weighted by atomic mass is 10.4. The van der Waals surface area contributed by atoms with E-state index in [1.165, 1.54) is 6.34 Å². The van der Waals surface area contributed by atoms with Crippen LogP contribution in [-0.4, -0.2) is 6.34 Å². The van der Waals surface area contributed by atoms with Gasteiger partial charge in [-0.05, 0) is 13.8 Å². The fourth-order valence-electron chi connectivity index (χ4n) is 0.192. The monoisotopic (exact) mass is 128 g/mol. The second kappa shape index (κ2) is 10.2. The van der Waals surface area contributed by atoms with E-state index >= 15 is 0 Å². The van der Waals surface area contributed by atoms with Crippen LogP contribution in [0.2, 0.25) is 0 Å². The number of hydrogen-bond acceptors (Lipinski definition) is 1. The van der Waals surface area contributed by atoms with Gasteiger partial charge in [-0.2, -0.15) is 0 Å². The van der Waals surface area contributed by atoms with Gasteiger partial charge in [0.25, 0.3) is 0 Å². The molecule has 0 aliphatic heterocycles. The lowest BCUT2D eigenvalue weighted by molar-refractivity contribution is 1.34. The maximum Gasteiger partial charge on any atom is 0.0852 e. The first kappa shape index (κ1) is 11.1. The molecule has 0 bridgehead atoms. The fraction of sp³-hybridized carbons (Fsp3) is 0.571. The molecule has 0 heterocycles. The highest BCUT2D eigenvalue weighted by Crippen LogP contribution is 1.85. The van der Waals surface area contributed by atoms with Crippen LogP contribution < -0.4 is 5.73 Å². The molecule has 2 heteroatoms. The van der Waals surface area contributed by atoms with E-state index in [0.717, 1.165) is 5.57 Å². The molecule has 0 saturated heterocycles. The van der Waals surface area contributed by atoms with Crippen LogP contribution in [0.5, 0.6) is 0 Å². The van der Waals surface area contributed by atoms with Gasteiger partial charge in [-0.1, -0.05) is 19.4 Å². The molecular formula is C7H16N2. The summed E-state index contributed by atoms with van der Waals surface area (Å²) in [6, 6.07) is 0. The molecule has 54 valence electrons. The van der Waals surface area contributed by atoms with Crippen molar-refractivity contribution in [1.29, 1.82) is 0 Å². The van der Waals surface area contributed by atoms with Crippen molar-refractivity contribution in [3.05, 3.63) is 11.8 Å². The summed E-state index contributed by atoms with van der Waals surface area (Å²) in [7, 11) is 0. The van der Waals surface area contributed by atoms with Crippen LogP contribution >= 0.6 is 0 Å². The van der Waals surface area contributed by atoms with Gasteiger partial charge in [0.15, 0.2) is 0 Å². The van der Waals surface area contributed by atoms with E-state index in [-0.39, 0.29) is 0 Å². The molecule has 0 spiro atoms. The smallest absolute Gasteiger partial charge is 0.0852 e. The Labute approximate surface area is 57.5 Å². The summed E-state index contributed by atoms with van der Waals surface area (Å²) < 4.78 is 0. The van der Waals surface area contributed by atoms with E-state index in [1.54, 1.807) is 6.20 Å². The highest BCUT2D eigenvalue weighted by atomic mass is 14.8. The number of rotatable bonds is 1. The summed E-state index contributed by atoms with van der Waals surface area (Å²) >= 11 is 0. The molecule has 0 amide bonds. The molecule has 0 aromatic rings. The number of hydrogen-bond donors (Lipinski definition) is 1. The summed E-state index contributed by atoms with van der Waals surface area (Å²) in [4.78, 5) is 3.66. The van der Waals surface area contributed by atoms with Gasteiger partial charge in [0.2, 0.25) is 0 Å². The largest absolute Gasteiger partial charge is 0.390 e. The second-order valence-corrected chi connectivity index (χ2v) is 1.50. The van der Waals surface area contributed by atoms with Crippen LogP contribution in [0, 0.1) is 0 Å². The van der Waals surface area contributed by atoms with Crippen LogP contribution in [0.1, 0.15) is 27.7 Å². The predicted octanol–water partition coefficient (Wildman–Crippen LogP) is 1.92. The molecule has 0 atom stereocenters. The Bertz CT molecular complexity index is 89.1. The summed E-state index contributed by atoms with van der Waals surface area (Å²) in [6.45, 7) is 7.93. The van der Waals surface area contributed by atoms with E-state index in [4.69, 9.17) is 5.73 Å². The quantitative estimate of drug-likeness (QED) is 0.425.